The highest BCUT2D eigenvalue weighted by molar-refractivity contribution is 5.89. The van der Waals surface area contributed by atoms with Crippen LogP contribution in [0.4, 0.5) is 10.6 Å². The van der Waals surface area contributed by atoms with Crippen molar-refractivity contribution in [2.45, 2.75) is 58.0 Å². The molecule has 2 aromatic heterocycles. The van der Waals surface area contributed by atoms with Gasteiger partial charge in [0.2, 0.25) is 0 Å². The number of carbonyl (C=O) groups excluding carboxylic acids is 1. The monoisotopic (exact) mass is 373 g/mol. The zero-order valence-electron chi connectivity index (χ0n) is 15.9. The third kappa shape index (κ3) is 4.00. The summed E-state index contributed by atoms with van der Waals surface area (Å²) in [6.07, 6.45) is 7.19. The lowest BCUT2D eigenvalue weighted by Crippen LogP contribution is -2.43. The van der Waals surface area contributed by atoms with Crippen molar-refractivity contribution in [2.24, 2.45) is 5.92 Å². The number of anilines is 1. The smallest absolute Gasteiger partial charge is 0.320 e. The molecule has 8 heteroatoms. The minimum absolute atomic E-state index is 0.0569. The molecule has 0 aromatic carbocycles. The first kappa shape index (κ1) is 18.0. The van der Waals surface area contributed by atoms with Crippen LogP contribution in [0.25, 0.3) is 0 Å². The highest BCUT2D eigenvalue weighted by Gasteiger charge is 2.31. The summed E-state index contributed by atoms with van der Waals surface area (Å²) in [6.45, 7) is 4.98. The van der Waals surface area contributed by atoms with E-state index in [-0.39, 0.29) is 18.0 Å². The minimum Gasteiger partial charge on any atom is -0.379 e. The van der Waals surface area contributed by atoms with Gasteiger partial charge in [0, 0.05) is 24.0 Å². The molecule has 4 rings (SSSR count). The molecule has 1 saturated carbocycles. The second-order valence-corrected chi connectivity index (χ2v) is 7.70. The van der Waals surface area contributed by atoms with Crippen LogP contribution in [-0.2, 0) is 11.2 Å². The Morgan fingerprint density at radius 1 is 1.30 bits per heavy atom. The van der Waals surface area contributed by atoms with Gasteiger partial charge in [-0.25, -0.2) is 9.48 Å². The number of hydrogen-bond donors (Lipinski definition) is 2. The molecular formula is C19H27N5O3. The first-order valence-corrected chi connectivity index (χ1v) is 9.71. The molecule has 2 amide bonds. The standard InChI is InChI=1S/C19H27N5O3/c1-12-9-20-24(15-5-3-4-6-15)18(12)22-19(25)21-17-11-26-10-14(17)8-16-7-13(2)23-27-16/h7,9,14-15,17H,3-6,8,10-11H2,1-2H3,(H2,21,22,25). The maximum Gasteiger partial charge on any atom is 0.320 e. The topological polar surface area (TPSA) is 94.2 Å². The fourth-order valence-corrected chi connectivity index (χ4v) is 4.07. The van der Waals surface area contributed by atoms with Gasteiger partial charge in [-0.1, -0.05) is 18.0 Å². The Balaban J connectivity index is 1.38. The molecule has 27 heavy (non-hydrogen) atoms. The molecule has 0 bridgehead atoms. The molecule has 2 N–H and O–H groups in total. The molecule has 8 nitrogen and oxygen atoms in total. The lowest BCUT2D eigenvalue weighted by molar-refractivity contribution is 0.181. The Morgan fingerprint density at radius 3 is 2.85 bits per heavy atom. The molecule has 2 unspecified atom stereocenters. The number of amides is 2. The van der Waals surface area contributed by atoms with Gasteiger partial charge >= 0.3 is 6.03 Å². The van der Waals surface area contributed by atoms with Crippen LogP contribution in [0.2, 0.25) is 0 Å². The summed E-state index contributed by atoms with van der Waals surface area (Å²) in [5.41, 5.74) is 1.84. The van der Waals surface area contributed by atoms with E-state index in [0.717, 1.165) is 35.7 Å². The number of aromatic nitrogens is 3. The number of ether oxygens (including phenoxy) is 1. The molecule has 146 valence electrons. The highest BCUT2D eigenvalue weighted by atomic mass is 16.5. The summed E-state index contributed by atoms with van der Waals surface area (Å²) in [5.74, 6) is 1.79. The Hall–Kier alpha value is -2.35. The van der Waals surface area contributed by atoms with Crippen LogP contribution in [-0.4, -0.2) is 40.2 Å². The molecule has 1 saturated heterocycles. The van der Waals surface area contributed by atoms with Crippen molar-refractivity contribution in [3.8, 4) is 0 Å². The molecule has 0 spiro atoms. The highest BCUT2D eigenvalue weighted by Crippen LogP contribution is 2.32. The van der Waals surface area contributed by atoms with Gasteiger partial charge < -0.3 is 14.6 Å². The average molecular weight is 373 g/mol. The molecule has 2 fully saturated rings. The van der Waals surface area contributed by atoms with Gasteiger partial charge in [-0.05, 0) is 26.7 Å². The van der Waals surface area contributed by atoms with Gasteiger partial charge in [-0.2, -0.15) is 5.10 Å². The number of rotatable bonds is 5. The van der Waals surface area contributed by atoms with Crippen LogP contribution < -0.4 is 10.6 Å². The number of urea groups is 1. The van der Waals surface area contributed by atoms with Gasteiger partial charge in [-0.15, -0.1) is 0 Å². The third-order valence-corrected chi connectivity index (χ3v) is 5.54. The van der Waals surface area contributed by atoms with E-state index >= 15 is 0 Å². The first-order valence-electron chi connectivity index (χ1n) is 9.71. The Labute approximate surface area is 158 Å². The number of nitrogens with one attached hydrogen (secondary N) is 2. The molecule has 0 radical (unpaired) electrons. The maximum absolute atomic E-state index is 12.6. The van der Waals surface area contributed by atoms with Crippen LogP contribution in [0, 0.1) is 19.8 Å². The fraction of sp³-hybridized carbons (Fsp3) is 0.632. The van der Waals surface area contributed by atoms with Crippen molar-refractivity contribution in [1.82, 2.24) is 20.3 Å². The van der Waals surface area contributed by atoms with Crippen molar-refractivity contribution >= 4 is 11.8 Å². The van der Waals surface area contributed by atoms with E-state index in [0.29, 0.717) is 25.7 Å². The van der Waals surface area contributed by atoms with E-state index in [1.165, 1.54) is 12.8 Å². The van der Waals surface area contributed by atoms with Gasteiger partial charge in [-0.3, -0.25) is 5.32 Å². The number of hydrogen-bond acceptors (Lipinski definition) is 5. The van der Waals surface area contributed by atoms with Crippen molar-refractivity contribution in [1.29, 1.82) is 0 Å². The van der Waals surface area contributed by atoms with E-state index in [1.54, 1.807) is 0 Å². The average Bonchev–Trinajstić information content (AvgIpc) is 3.40. The summed E-state index contributed by atoms with van der Waals surface area (Å²) >= 11 is 0. The lowest BCUT2D eigenvalue weighted by Gasteiger charge is -2.20. The Kier molecular flexibility index (Phi) is 5.15. The van der Waals surface area contributed by atoms with Crippen LogP contribution in [0.15, 0.2) is 16.8 Å². The SMILES string of the molecule is Cc1cc(CC2COCC2NC(=O)Nc2c(C)cnn2C2CCCC2)on1. The lowest BCUT2D eigenvalue weighted by atomic mass is 9.98. The first-order chi connectivity index (χ1) is 13.1. The largest absolute Gasteiger partial charge is 0.379 e. The fourth-order valence-electron chi connectivity index (χ4n) is 4.07. The van der Waals surface area contributed by atoms with Gasteiger partial charge in [0.05, 0.1) is 37.2 Å². The van der Waals surface area contributed by atoms with E-state index < -0.39 is 0 Å². The van der Waals surface area contributed by atoms with Crippen LogP contribution in [0.1, 0.15) is 48.7 Å². The van der Waals surface area contributed by atoms with Crippen molar-refractivity contribution < 1.29 is 14.1 Å². The number of nitrogens with zero attached hydrogens (tertiary/aromatic N) is 3. The van der Waals surface area contributed by atoms with E-state index in [4.69, 9.17) is 9.26 Å². The van der Waals surface area contributed by atoms with Gasteiger partial charge in [0.15, 0.2) is 0 Å². The van der Waals surface area contributed by atoms with Gasteiger partial charge in [0.1, 0.15) is 11.6 Å². The summed E-state index contributed by atoms with van der Waals surface area (Å²) in [7, 11) is 0. The molecule has 1 aliphatic carbocycles. The van der Waals surface area contributed by atoms with Crippen molar-refractivity contribution in [3.63, 3.8) is 0 Å². The molecular weight excluding hydrogens is 346 g/mol. The zero-order chi connectivity index (χ0) is 18.8. The molecule has 3 heterocycles. The summed E-state index contributed by atoms with van der Waals surface area (Å²) in [4.78, 5) is 12.6. The molecule has 2 atom stereocenters. The molecule has 2 aromatic rings. The summed E-state index contributed by atoms with van der Waals surface area (Å²) in [5, 5.41) is 14.5. The molecule has 1 aliphatic heterocycles. The van der Waals surface area contributed by atoms with E-state index in [9.17, 15) is 4.79 Å². The predicted octanol–water partition coefficient (Wildman–Crippen LogP) is 2.98. The molecule has 2 aliphatic rings. The van der Waals surface area contributed by atoms with Crippen LogP contribution >= 0.6 is 0 Å². The van der Waals surface area contributed by atoms with Crippen molar-refractivity contribution in [2.75, 3.05) is 18.5 Å². The second-order valence-electron chi connectivity index (χ2n) is 7.70. The van der Waals surface area contributed by atoms with E-state index in [1.807, 2.05) is 30.8 Å². The number of carbonyl (C=O) groups is 1. The minimum atomic E-state index is -0.216. The van der Waals surface area contributed by atoms with Crippen LogP contribution in [0.3, 0.4) is 0 Å². The number of aryl methyl sites for hydroxylation is 2. The maximum atomic E-state index is 12.6. The third-order valence-electron chi connectivity index (χ3n) is 5.54. The van der Waals surface area contributed by atoms with Crippen molar-refractivity contribution in [3.05, 3.63) is 29.3 Å². The summed E-state index contributed by atoms with van der Waals surface area (Å²) in [6, 6.07) is 2.04. The summed E-state index contributed by atoms with van der Waals surface area (Å²) < 4.78 is 12.9. The normalized spacial score (nSPS) is 23.0. The van der Waals surface area contributed by atoms with Gasteiger partial charge in [0.25, 0.3) is 0 Å². The van der Waals surface area contributed by atoms with Crippen LogP contribution in [0.5, 0.6) is 0 Å². The zero-order valence-corrected chi connectivity index (χ0v) is 15.9. The quantitative estimate of drug-likeness (QED) is 0.840. The predicted molar refractivity (Wildman–Crippen MR) is 99.7 cm³/mol. The Morgan fingerprint density at radius 2 is 2.11 bits per heavy atom. The van der Waals surface area contributed by atoms with E-state index in [2.05, 4.69) is 20.9 Å². The Bertz CT molecular complexity index is 793. The second kappa shape index (κ2) is 7.72.